The summed E-state index contributed by atoms with van der Waals surface area (Å²) in [5.74, 6) is 4.20. The minimum Gasteiger partial charge on any atom is -0.465 e. The third-order valence-electron chi connectivity index (χ3n) is 7.28. The second-order valence-corrected chi connectivity index (χ2v) is 11.9. The van der Waals surface area contributed by atoms with Crippen molar-refractivity contribution in [3.05, 3.63) is 194 Å². The molecular formula is C46H40N4O11. The van der Waals surface area contributed by atoms with Crippen molar-refractivity contribution in [3.63, 3.8) is 0 Å². The third kappa shape index (κ3) is 18.7. The van der Waals surface area contributed by atoms with Gasteiger partial charge in [-0.1, -0.05) is 72.8 Å². The molecule has 0 aliphatic rings. The monoisotopic (exact) mass is 824 g/mol. The standard InChI is InChI=1S/3C13H11NO3.C7H7NO2/c3*15-13(16)14-10-6-8-12(9-7-10)17-11-4-2-1-3-5-11;9-7(10)8-6-4-2-1-3-5-6/h3*1-9,14H,(H,15,16);1-5,8H,(H,9,10). The van der Waals surface area contributed by atoms with E-state index in [-0.39, 0.29) is 0 Å². The van der Waals surface area contributed by atoms with Crippen molar-refractivity contribution in [1.29, 1.82) is 0 Å². The molecule has 0 spiro atoms. The number of ether oxygens (including phenoxy) is 3. The van der Waals surface area contributed by atoms with Gasteiger partial charge in [0.05, 0.1) is 0 Å². The number of benzene rings is 7. The van der Waals surface area contributed by atoms with Gasteiger partial charge in [0, 0.05) is 22.7 Å². The molecule has 0 radical (unpaired) electrons. The van der Waals surface area contributed by atoms with Crippen LogP contribution in [-0.2, 0) is 0 Å². The molecule has 15 heteroatoms. The molecule has 7 aromatic carbocycles. The van der Waals surface area contributed by atoms with Gasteiger partial charge in [0.2, 0.25) is 0 Å². The molecule has 0 aromatic heterocycles. The Morgan fingerprint density at radius 2 is 0.443 bits per heavy atom. The predicted molar refractivity (Wildman–Crippen MR) is 232 cm³/mol. The summed E-state index contributed by atoms with van der Waals surface area (Å²) in [5, 5.41) is 42.8. The van der Waals surface area contributed by atoms with E-state index in [4.69, 9.17) is 34.6 Å². The van der Waals surface area contributed by atoms with E-state index in [0.717, 1.165) is 17.2 Å². The van der Waals surface area contributed by atoms with Crippen molar-refractivity contribution < 1.29 is 53.8 Å². The summed E-state index contributed by atoms with van der Waals surface area (Å²) in [7, 11) is 0. The van der Waals surface area contributed by atoms with E-state index in [2.05, 4.69) is 21.3 Å². The van der Waals surface area contributed by atoms with E-state index in [1.807, 2.05) is 97.1 Å². The van der Waals surface area contributed by atoms with Crippen LogP contribution in [0.15, 0.2) is 194 Å². The number of rotatable bonds is 10. The minimum atomic E-state index is -1.08. The lowest BCUT2D eigenvalue weighted by Gasteiger charge is -2.06. The normalized spacial score (nSPS) is 9.51. The maximum absolute atomic E-state index is 10.4. The van der Waals surface area contributed by atoms with Crippen molar-refractivity contribution in [3.8, 4) is 34.5 Å². The number of hydrogen-bond donors (Lipinski definition) is 8. The van der Waals surface area contributed by atoms with Gasteiger partial charge in [0.15, 0.2) is 0 Å². The molecule has 4 amide bonds. The average Bonchev–Trinajstić information content (AvgIpc) is 3.25. The highest BCUT2D eigenvalue weighted by Crippen LogP contribution is 2.25. The maximum Gasteiger partial charge on any atom is 0.409 e. The Kier molecular flexibility index (Phi) is 18.0. The number of para-hydroxylation sites is 4. The number of anilines is 4. The first-order valence-corrected chi connectivity index (χ1v) is 18.0. The van der Waals surface area contributed by atoms with Gasteiger partial charge in [-0.05, 0) is 121 Å². The molecule has 0 aliphatic heterocycles. The summed E-state index contributed by atoms with van der Waals surface area (Å²) in [6.45, 7) is 0. The number of carbonyl (C=O) groups is 4. The summed E-state index contributed by atoms with van der Waals surface area (Å²) in [6.07, 6.45) is -4.28. The molecule has 0 bridgehead atoms. The highest BCUT2D eigenvalue weighted by molar-refractivity contribution is 5.84. The lowest BCUT2D eigenvalue weighted by Crippen LogP contribution is -2.06. The summed E-state index contributed by atoms with van der Waals surface area (Å²) >= 11 is 0. The zero-order valence-corrected chi connectivity index (χ0v) is 32.1. The number of hydrogen-bond acceptors (Lipinski definition) is 7. The summed E-state index contributed by atoms with van der Waals surface area (Å²) in [6, 6.07) is 57.0. The van der Waals surface area contributed by atoms with Crippen LogP contribution in [-0.4, -0.2) is 44.8 Å². The molecule has 0 saturated carbocycles. The molecule has 7 aromatic rings. The van der Waals surface area contributed by atoms with Gasteiger partial charge in [-0.3, -0.25) is 21.3 Å². The fourth-order valence-electron chi connectivity index (χ4n) is 4.71. The van der Waals surface area contributed by atoms with Gasteiger partial charge in [-0.25, -0.2) is 19.2 Å². The van der Waals surface area contributed by atoms with Crippen LogP contribution < -0.4 is 35.5 Å². The van der Waals surface area contributed by atoms with Crippen molar-refractivity contribution >= 4 is 47.1 Å². The lowest BCUT2D eigenvalue weighted by molar-refractivity contribution is 0.208. The highest BCUT2D eigenvalue weighted by atomic mass is 16.5. The summed E-state index contributed by atoms with van der Waals surface area (Å²) in [4.78, 5) is 41.3. The molecule has 61 heavy (non-hydrogen) atoms. The van der Waals surface area contributed by atoms with E-state index in [1.54, 1.807) is 97.1 Å². The van der Waals surface area contributed by atoms with E-state index in [0.29, 0.717) is 40.0 Å². The zero-order valence-electron chi connectivity index (χ0n) is 32.1. The molecule has 0 unspecified atom stereocenters. The Bertz CT molecular complexity index is 2140. The quantitative estimate of drug-likeness (QED) is 0.0647. The van der Waals surface area contributed by atoms with Crippen molar-refractivity contribution in [1.82, 2.24) is 0 Å². The molecule has 0 atom stereocenters. The maximum atomic E-state index is 10.4. The van der Waals surface area contributed by atoms with Gasteiger partial charge in [-0.2, -0.15) is 0 Å². The van der Waals surface area contributed by atoms with Crippen LogP contribution in [0.5, 0.6) is 34.5 Å². The van der Waals surface area contributed by atoms with Crippen molar-refractivity contribution in [2.45, 2.75) is 0 Å². The van der Waals surface area contributed by atoms with Gasteiger partial charge in [-0.15, -0.1) is 0 Å². The van der Waals surface area contributed by atoms with E-state index in [9.17, 15) is 19.2 Å². The smallest absolute Gasteiger partial charge is 0.409 e. The molecule has 310 valence electrons. The minimum absolute atomic E-state index is 0.512. The molecule has 0 aliphatic carbocycles. The SMILES string of the molecule is O=C(O)Nc1ccc(Oc2ccccc2)cc1.O=C(O)Nc1ccc(Oc2ccccc2)cc1.O=C(O)Nc1ccc(Oc2ccccc2)cc1.O=C(O)Nc1ccccc1. The van der Waals surface area contributed by atoms with E-state index in [1.165, 1.54) is 0 Å². The Balaban J connectivity index is 0.000000182. The molecule has 8 N–H and O–H groups in total. The van der Waals surface area contributed by atoms with Crippen LogP contribution in [0.25, 0.3) is 0 Å². The molecule has 0 heterocycles. The van der Waals surface area contributed by atoms with Crippen LogP contribution in [0.3, 0.4) is 0 Å². The number of nitrogens with one attached hydrogen (secondary N) is 4. The van der Waals surface area contributed by atoms with E-state index < -0.39 is 24.4 Å². The Morgan fingerprint density at radius 1 is 0.262 bits per heavy atom. The third-order valence-corrected chi connectivity index (χ3v) is 7.28. The molecule has 0 saturated heterocycles. The van der Waals surface area contributed by atoms with Crippen LogP contribution in [0, 0.1) is 0 Å². The van der Waals surface area contributed by atoms with Gasteiger partial charge >= 0.3 is 24.4 Å². The van der Waals surface area contributed by atoms with Crippen LogP contribution >= 0.6 is 0 Å². The largest absolute Gasteiger partial charge is 0.465 e. The molecule has 15 nitrogen and oxygen atoms in total. The molecular weight excluding hydrogens is 785 g/mol. The number of carboxylic acid groups (broad SMARTS) is 4. The fourth-order valence-corrected chi connectivity index (χ4v) is 4.71. The van der Waals surface area contributed by atoms with E-state index >= 15 is 0 Å². The van der Waals surface area contributed by atoms with Crippen molar-refractivity contribution in [2.75, 3.05) is 21.3 Å². The van der Waals surface area contributed by atoms with Gasteiger partial charge < -0.3 is 34.6 Å². The summed E-state index contributed by atoms with van der Waals surface area (Å²) < 4.78 is 16.7. The second-order valence-electron chi connectivity index (χ2n) is 11.9. The fraction of sp³-hybridized carbons (Fsp3) is 0. The first-order chi connectivity index (χ1) is 29.5. The Hall–Kier alpha value is -8.98. The Morgan fingerprint density at radius 3 is 0.656 bits per heavy atom. The second kappa shape index (κ2) is 24.6. The molecule has 0 fully saturated rings. The van der Waals surface area contributed by atoms with Gasteiger partial charge in [0.1, 0.15) is 34.5 Å². The topological polar surface area (TPSA) is 225 Å². The van der Waals surface area contributed by atoms with Crippen LogP contribution in [0.1, 0.15) is 0 Å². The predicted octanol–water partition coefficient (Wildman–Crippen LogP) is 12.5. The lowest BCUT2D eigenvalue weighted by atomic mass is 10.3. The number of amides is 4. The first-order valence-electron chi connectivity index (χ1n) is 18.0. The Labute approximate surface area is 350 Å². The van der Waals surface area contributed by atoms with Crippen LogP contribution in [0.2, 0.25) is 0 Å². The average molecular weight is 825 g/mol. The first kappa shape index (κ1) is 44.7. The summed E-state index contributed by atoms with van der Waals surface area (Å²) in [5.41, 5.74) is 2.13. The molecule has 7 rings (SSSR count). The van der Waals surface area contributed by atoms with Crippen molar-refractivity contribution in [2.24, 2.45) is 0 Å². The zero-order chi connectivity index (χ0) is 43.7. The highest BCUT2D eigenvalue weighted by Gasteiger charge is 2.02. The van der Waals surface area contributed by atoms with Crippen LogP contribution in [0.4, 0.5) is 41.9 Å². The van der Waals surface area contributed by atoms with Gasteiger partial charge in [0.25, 0.3) is 0 Å².